The fourth-order valence-corrected chi connectivity index (χ4v) is 3.15. The zero-order valence-corrected chi connectivity index (χ0v) is 16.4. The molecule has 0 spiro atoms. The molecule has 2 aromatic carbocycles. The number of halogens is 1. The molecule has 0 saturated carbocycles. The second kappa shape index (κ2) is 8.64. The van der Waals surface area contributed by atoms with Gasteiger partial charge in [-0.1, -0.05) is 6.07 Å². The van der Waals surface area contributed by atoms with E-state index in [-0.39, 0.29) is 11.7 Å². The monoisotopic (exact) mass is 405 g/mol. The first-order chi connectivity index (χ1) is 14.6. The van der Waals surface area contributed by atoms with Gasteiger partial charge >= 0.3 is 0 Å². The highest BCUT2D eigenvalue weighted by Gasteiger charge is 2.13. The van der Waals surface area contributed by atoms with Crippen molar-refractivity contribution in [3.8, 4) is 16.9 Å². The lowest BCUT2D eigenvalue weighted by molar-refractivity contribution is 0.0793. The number of aromatic nitrogens is 6. The first-order valence-electron chi connectivity index (χ1n) is 9.49. The average molecular weight is 405 g/mol. The number of benzene rings is 2. The Kier molecular flexibility index (Phi) is 5.60. The van der Waals surface area contributed by atoms with Crippen molar-refractivity contribution in [2.75, 3.05) is 13.6 Å². The minimum absolute atomic E-state index is 0.0680. The first kappa shape index (κ1) is 19.4. The number of carbonyl (C=O) groups excluding carboxylic acids is 1. The third kappa shape index (κ3) is 4.40. The second-order valence-corrected chi connectivity index (χ2v) is 6.92. The van der Waals surface area contributed by atoms with Gasteiger partial charge in [-0.2, -0.15) is 5.10 Å². The van der Waals surface area contributed by atoms with Crippen molar-refractivity contribution >= 4 is 5.91 Å². The summed E-state index contributed by atoms with van der Waals surface area (Å²) in [6.07, 6.45) is 3.01. The molecule has 2 heterocycles. The highest BCUT2D eigenvalue weighted by atomic mass is 19.1. The predicted molar refractivity (Wildman–Crippen MR) is 108 cm³/mol. The van der Waals surface area contributed by atoms with Gasteiger partial charge in [0.05, 0.1) is 11.4 Å². The lowest BCUT2D eigenvalue weighted by atomic mass is 10.1. The van der Waals surface area contributed by atoms with Crippen molar-refractivity contribution in [2.45, 2.75) is 12.8 Å². The molecule has 0 aliphatic rings. The van der Waals surface area contributed by atoms with Crippen LogP contribution in [0.4, 0.5) is 4.39 Å². The van der Waals surface area contributed by atoms with E-state index in [2.05, 4.69) is 25.7 Å². The van der Waals surface area contributed by atoms with E-state index in [1.807, 2.05) is 12.1 Å². The SMILES string of the molecule is CN(CCCc1cc(-c2ccc(F)cc2)n[nH]1)C(=O)c1cccc(-n2cnnn2)c1. The summed E-state index contributed by atoms with van der Waals surface area (Å²) in [6, 6.07) is 15.4. The maximum absolute atomic E-state index is 13.1. The van der Waals surface area contributed by atoms with Crippen molar-refractivity contribution in [2.24, 2.45) is 0 Å². The predicted octanol–water partition coefficient (Wildman–Crippen LogP) is 2.90. The number of aryl methyl sites for hydroxylation is 1. The van der Waals surface area contributed by atoms with E-state index >= 15 is 0 Å². The van der Waals surface area contributed by atoms with Gasteiger partial charge in [0.25, 0.3) is 5.91 Å². The van der Waals surface area contributed by atoms with Gasteiger partial charge in [-0.05, 0) is 71.8 Å². The Morgan fingerprint density at radius 3 is 2.77 bits per heavy atom. The van der Waals surface area contributed by atoms with Crippen LogP contribution in [0.25, 0.3) is 16.9 Å². The number of nitrogens with zero attached hydrogens (tertiary/aromatic N) is 6. The summed E-state index contributed by atoms with van der Waals surface area (Å²) >= 11 is 0. The van der Waals surface area contributed by atoms with Gasteiger partial charge in [0.1, 0.15) is 12.1 Å². The van der Waals surface area contributed by atoms with Crippen LogP contribution in [0, 0.1) is 5.82 Å². The molecule has 0 unspecified atom stereocenters. The number of hydrogen-bond acceptors (Lipinski definition) is 5. The molecule has 9 heteroatoms. The molecule has 0 saturated heterocycles. The summed E-state index contributed by atoms with van der Waals surface area (Å²) < 4.78 is 14.6. The summed E-state index contributed by atoms with van der Waals surface area (Å²) in [4.78, 5) is 14.4. The largest absolute Gasteiger partial charge is 0.342 e. The molecule has 0 radical (unpaired) electrons. The molecular weight excluding hydrogens is 385 g/mol. The molecule has 30 heavy (non-hydrogen) atoms. The van der Waals surface area contributed by atoms with Gasteiger partial charge in [-0.3, -0.25) is 9.89 Å². The number of amides is 1. The summed E-state index contributed by atoms with van der Waals surface area (Å²) in [5, 5.41) is 18.4. The van der Waals surface area contributed by atoms with E-state index < -0.39 is 0 Å². The molecule has 0 fully saturated rings. The quantitative estimate of drug-likeness (QED) is 0.510. The number of aromatic amines is 1. The molecule has 0 aliphatic heterocycles. The highest BCUT2D eigenvalue weighted by molar-refractivity contribution is 5.94. The fraction of sp³-hybridized carbons (Fsp3) is 0.190. The Bertz CT molecular complexity index is 1120. The van der Waals surface area contributed by atoms with Crippen LogP contribution >= 0.6 is 0 Å². The van der Waals surface area contributed by atoms with Gasteiger partial charge in [-0.15, -0.1) is 5.10 Å². The van der Waals surface area contributed by atoms with Crippen LogP contribution in [0.3, 0.4) is 0 Å². The standard InChI is InChI=1S/C21H20FN7O/c1-28(21(30)16-4-2-6-19(12-16)29-14-23-26-27-29)11-3-5-18-13-20(25-24-18)15-7-9-17(22)10-8-15/h2,4,6-10,12-14H,3,5,11H2,1H3,(H,24,25). The number of carbonyl (C=O) groups is 1. The molecule has 2 aromatic heterocycles. The third-order valence-electron chi connectivity index (χ3n) is 4.76. The van der Waals surface area contributed by atoms with Crippen molar-refractivity contribution in [1.82, 2.24) is 35.3 Å². The van der Waals surface area contributed by atoms with Gasteiger partial charge < -0.3 is 4.90 Å². The lowest BCUT2D eigenvalue weighted by Gasteiger charge is -2.17. The molecule has 4 aromatic rings. The molecule has 152 valence electrons. The number of rotatable bonds is 7. The average Bonchev–Trinajstić information content (AvgIpc) is 3.46. The van der Waals surface area contributed by atoms with Gasteiger partial charge in [0.15, 0.2) is 0 Å². The maximum Gasteiger partial charge on any atom is 0.253 e. The van der Waals surface area contributed by atoms with E-state index in [4.69, 9.17) is 0 Å². The lowest BCUT2D eigenvalue weighted by Crippen LogP contribution is -2.28. The Morgan fingerprint density at radius 2 is 2.00 bits per heavy atom. The van der Waals surface area contributed by atoms with Crippen LogP contribution in [0.15, 0.2) is 60.9 Å². The van der Waals surface area contributed by atoms with Crippen LogP contribution in [0.5, 0.6) is 0 Å². The molecule has 0 atom stereocenters. The highest BCUT2D eigenvalue weighted by Crippen LogP contribution is 2.18. The van der Waals surface area contributed by atoms with Crippen LogP contribution in [-0.2, 0) is 6.42 Å². The minimum atomic E-state index is -0.272. The third-order valence-corrected chi connectivity index (χ3v) is 4.76. The maximum atomic E-state index is 13.1. The Hall–Kier alpha value is -3.88. The number of tetrazole rings is 1. The molecule has 4 rings (SSSR count). The van der Waals surface area contributed by atoms with E-state index in [1.54, 1.807) is 42.3 Å². The van der Waals surface area contributed by atoms with E-state index in [9.17, 15) is 9.18 Å². The molecule has 8 nitrogen and oxygen atoms in total. The molecule has 0 aliphatic carbocycles. The van der Waals surface area contributed by atoms with Crippen molar-refractivity contribution in [3.63, 3.8) is 0 Å². The molecule has 1 N–H and O–H groups in total. The zero-order valence-electron chi connectivity index (χ0n) is 16.4. The smallest absolute Gasteiger partial charge is 0.253 e. The van der Waals surface area contributed by atoms with E-state index in [1.165, 1.54) is 23.1 Å². The van der Waals surface area contributed by atoms with Crippen molar-refractivity contribution < 1.29 is 9.18 Å². The molecular formula is C21H20FN7O. The Labute approximate surface area is 172 Å². The molecule has 1 amide bonds. The van der Waals surface area contributed by atoms with Gasteiger partial charge in [0, 0.05) is 30.4 Å². The molecule has 0 bridgehead atoms. The number of H-pyrrole nitrogens is 1. The van der Waals surface area contributed by atoms with Gasteiger partial charge in [-0.25, -0.2) is 9.07 Å². The van der Waals surface area contributed by atoms with Crippen LogP contribution < -0.4 is 0 Å². The van der Waals surface area contributed by atoms with Gasteiger partial charge in [0.2, 0.25) is 0 Å². The van der Waals surface area contributed by atoms with E-state index in [0.717, 1.165) is 35.5 Å². The van der Waals surface area contributed by atoms with E-state index in [0.29, 0.717) is 12.1 Å². The number of nitrogens with one attached hydrogen (secondary N) is 1. The van der Waals surface area contributed by atoms with Crippen molar-refractivity contribution in [1.29, 1.82) is 0 Å². The summed E-state index contributed by atoms with van der Waals surface area (Å²) in [7, 11) is 1.78. The topological polar surface area (TPSA) is 92.6 Å². The second-order valence-electron chi connectivity index (χ2n) is 6.92. The minimum Gasteiger partial charge on any atom is -0.342 e. The summed E-state index contributed by atoms with van der Waals surface area (Å²) in [6.45, 7) is 0.596. The fourth-order valence-electron chi connectivity index (χ4n) is 3.15. The van der Waals surface area contributed by atoms with Crippen LogP contribution in [0.1, 0.15) is 22.5 Å². The Balaban J connectivity index is 1.33. The van der Waals surface area contributed by atoms with Crippen molar-refractivity contribution in [3.05, 3.63) is 78.0 Å². The van der Waals surface area contributed by atoms with Crippen LogP contribution in [0.2, 0.25) is 0 Å². The Morgan fingerprint density at radius 1 is 1.17 bits per heavy atom. The normalized spacial score (nSPS) is 10.9. The first-order valence-corrected chi connectivity index (χ1v) is 9.49. The number of hydrogen-bond donors (Lipinski definition) is 1. The van der Waals surface area contributed by atoms with Crippen LogP contribution in [-0.4, -0.2) is 54.8 Å². The summed E-state index contributed by atoms with van der Waals surface area (Å²) in [5.74, 6) is -0.341. The zero-order chi connectivity index (χ0) is 20.9. The summed E-state index contributed by atoms with van der Waals surface area (Å²) in [5.41, 5.74) is 3.90.